The number of piperidine rings is 1. The van der Waals surface area contributed by atoms with E-state index in [1.807, 2.05) is 20.8 Å². The van der Waals surface area contributed by atoms with Gasteiger partial charge < -0.3 is 19.8 Å². The predicted molar refractivity (Wildman–Crippen MR) is 156 cm³/mol. The van der Waals surface area contributed by atoms with Gasteiger partial charge in [-0.25, -0.2) is 28.3 Å². The smallest absolute Gasteiger partial charge is 0.410 e. The number of ether oxygens (including phenoxy) is 1. The summed E-state index contributed by atoms with van der Waals surface area (Å²) < 4.78 is 41.9. The van der Waals surface area contributed by atoms with Crippen molar-refractivity contribution in [3.05, 3.63) is 59.9 Å². The van der Waals surface area contributed by atoms with E-state index in [0.29, 0.717) is 47.1 Å². The Balaban J connectivity index is 1.49. The summed E-state index contributed by atoms with van der Waals surface area (Å²) in [6, 6.07) is 8.07. The standard InChI is InChI=1S/C28H31FN6O4S2/c1-27(2,3)39-26(36)35-13-10-28(4,11-14-35)24-33-22(23(40-24)20-8-12-31-25(30)32-20)18-6-5-7-19(21(18)29)34-41(37)17-9-15-38-16-17/h5-9,12,15-16,34H,10-11,13-14H2,1-4H3,(H2,30,31,32). The first-order valence-electron chi connectivity index (χ1n) is 13.0. The van der Waals surface area contributed by atoms with Crippen LogP contribution in [-0.2, 0) is 21.1 Å². The van der Waals surface area contributed by atoms with Gasteiger partial charge in [-0.15, -0.1) is 11.3 Å². The third-order valence-electron chi connectivity index (χ3n) is 6.73. The van der Waals surface area contributed by atoms with Gasteiger partial charge in [-0.1, -0.05) is 13.0 Å². The van der Waals surface area contributed by atoms with E-state index < -0.39 is 22.4 Å². The number of amides is 1. The first-order chi connectivity index (χ1) is 19.4. The summed E-state index contributed by atoms with van der Waals surface area (Å²) >= 11 is 1.42. The Morgan fingerprint density at radius 2 is 1.98 bits per heavy atom. The fraction of sp³-hybridized carbons (Fsp3) is 0.357. The molecule has 1 amide bonds. The Labute approximate surface area is 243 Å². The minimum Gasteiger partial charge on any atom is -0.471 e. The molecule has 1 aromatic carbocycles. The number of thiazole rings is 1. The first-order valence-corrected chi connectivity index (χ1v) is 15.0. The highest BCUT2D eigenvalue weighted by Gasteiger charge is 2.38. The van der Waals surface area contributed by atoms with E-state index in [2.05, 4.69) is 21.6 Å². The van der Waals surface area contributed by atoms with Gasteiger partial charge in [-0.3, -0.25) is 4.72 Å². The molecule has 4 aromatic rings. The van der Waals surface area contributed by atoms with E-state index in [4.69, 9.17) is 19.9 Å². The number of furan rings is 1. The van der Waals surface area contributed by atoms with E-state index in [9.17, 15) is 9.00 Å². The van der Waals surface area contributed by atoms with Gasteiger partial charge in [-0.2, -0.15) is 0 Å². The average Bonchev–Trinajstić information content (AvgIpc) is 3.61. The molecule has 4 heterocycles. The number of anilines is 2. The van der Waals surface area contributed by atoms with Crippen molar-refractivity contribution in [3.8, 4) is 21.8 Å². The second-order valence-electron chi connectivity index (χ2n) is 11.0. The molecule has 1 aliphatic rings. The molecule has 13 heteroatoms. The van der Waals surface area contributed by atoms with E-state index in [1.54, 1.807) is 35.4 Å². The molecule has 0 spiro atoms. The molecule has 0 saturated carbocycles. The van der Waals surface area contributed by atoms with Crippen LogP contribution in [0.5, 0.6) is 0 Å². The lowest BCUT2D eigenvalue weighted by atomic mass is 9.81. The number of carbonyl (C=O) groups excluding carboxylic acids is 1. The highest BCUT2D eigenvalue weighted by Crippen LogP contribution is 2.45. The van der Waals surface area contributed by atoms with Crippen molar-refractivity contribution < 1.29 is 22.5 Å². The van der Waals surface area contributed by atoms with Crippen LogP contribution in [0, 0.1) is 5.82 Å². The number of nitrogens with two attached hydrogens (primary N) is 1. The van der Waals surface area contributed by atoms with Crippen LogP contribution in [0.3, 0.4) is 0 Å². The summed E-state index contributed by atoms with van der Waals surface area (Å²) in [5, 5.41) is 0.795. The van der Waals surface area contributed by atoms with E-state index in [0.717, 1.165) is 5.01 Å². The van der Waals surface area contributed by atoms with Crippen LogP contribution in [-0.4, -0.2) is 48.8 Å². The van der Waals surface area contributed by atoms with Gasteiger partial charge in [0.15, 0.2) is 16.8 Å². The van der Waals surface area contributed by atoms with Gasteiger partial charge in [-0.05, 0) is 57.9 Å². The maximum Gasteiger partial charge on any atom is 0.410 e. The van der Waals surface area contributed by atoms with Crippen LogP contribution in [0.15, 0.2) is 58.4 Å². The van der Waals surface area contributed by atoms with Gasteiger partial charge in [0.2, 0.25) is 5.95 Å². The Bertz CT molecular complexity index is 1580. The van der Waals surface area contributed by atoms with Gasteiger partial charge >= 0.3 is 6.09 Å². The number of hydrogen-bond donors (Lipinski definition) is 2. The molecule has 1 unspecified atom stereocenters. The van der Waals surface area contributed by atoms with Crippen molar-refractivity contribution in [1.29, 1.82) is 0 Å². The third kappa shape index (κ3) is 6.25. The summed E-state index contributed by atoms with van der Waals surface area (Å²) in [4.78, 5) is 28.7. The summed E-state index contributed by atoms with van der Waals surface area (Å²) in [5.74, 6) is -0.513. The number of nitrogens with zero attached hydrogens (tertiary/aromatic N) is 4. The molecule has 3 N–H and O–H groups in total. The zero-order valence-electron chi connectivity index (χ0n) is 23.1. The fourth-order valence-corrected chi connectivity index (χ4v) is 6.52. The second-order valence-corrected chi connectivity index (χ2v) is 13.2. The molecule has 1 aliphatic heterocycles. The minimum absolute atomic E-state index is 0.0571. The van der Waals surface area contributed by atoms with E-state index >= 15 is 4.39 Å². The van der Waals surface area contributed by atoms with Gasteiger partial charge in [0.1, 0.15) is 11.9 Å². The normalized spacial score (nSPS) is 15.9. The van der Waals surface area contributed by atoms with Crippen molar-refractivity contribution in [2.24, 2.45) is 0 Å². The molecule has 5 rings (SSSR count). The zero-order valence-corrected chi connectivity index (χ0v) is 24.8. The summed E-state index contributed by atoms with van der Waals surface area (Å²) in [6.45, 7) is 8.64. The Hall–Kier alpha value is -3.84. The third-order valence-corrected chi connectivity index (χ3v) is 9.18. The number of carbonyl (C=O) groups is 1. The number of halogens is 1. The molecule has 0 aliphatic carbocycles. The predicted octanol–water partition coefficient (Wildman–Crippen LogP) is 6.00. The molecule has 10 nitrogen and oxygen atoms in total. The van der Waals surface area contributed by atoms with Crippen LogP contribution >= 0.6 is 11.3 Å². The van der Waals surface area contributed by atoms with Gasteiger partial charge in [0.25, 0.3) is 0 Å². The Kier molecular flexibility index (Phi) is 7.84. The van der Waals surface area contributed by atoms with Crippen molar-refractivity contribution >= 4 is 40.1 Å². The lowest BCUT2D eigenvalue weighted by Gasteiger charge is -2.38. The number of hydrogen-bond acceptors (Lipinski definition) is 9. The SMILES string of the molecule is CC(C)(C)OC(=O)N1CCC(C)(c2nc(-c3cccc(NS(=O)c4ccoc4)c3F)c(-c3ccnc(N)n3)s2)CC1. The Morgan fingerprint density at radius 1 is 1.22 bits per heavy atom. The van der Waals surface area contributed by atoms with E-state index in [1.165, 1.54) is 29.9 Å². The number of aromatic nitrogens is 3. The maximum atomic E-state index is 16.0. The summed E-state index contributed by atoms with van der Waals surface area (Å²) in [7, 11) is -1.72. The Morgan fingerprint density at radius 3 is 2.63 bits per heavy atom. The number of likely N-dealkylation sites (tertiary alicyclic amines) is 1. The van der Waals surface area contributed by atoms with Crippen molar-refractivity contribution in [2.45, 2.75) is 56.4 Å². The van der Waals surface area contributed by atoms with Gasteiger partial charge in [0.05, 0.1) is 38.1 Å². The van der Waals surface area contributed by atoms with Crippen LogP contribution in [0.2, 0.25) is 0 Å². The first kappa shape index (κ1) is 28.7. The molecule has 3 aromatic heterocycles. The van der Waals surface area contributed by atoms with Crippen LogP contribution in [0.4, 0.5) is 20.8 Å². The number of nitrogen functional groups attached to an aromatic ring is 1. The van der Waals surface area contributed by atoms with Crippen LogP contribution < -0.4 is 10.5 Å². The lowest BCUT2D eigenvalue weighted by Crippen LogP contribution is -2.45. The molecular formula is C28H31FN6O4S2. The van der Waals surface area contributed by atoms with Crippen molar-refractivity contribution in [2.75, 3.05) is 23.5 Å². The fourth-order valence-electron chi connectivity index (χ4n) is 4.47. The molecule has 1 fully saturated rings. The number of benzene rings is 1. The second kappa shape index (κ2) is 11.2. The molecule has 0 radical (unpaired) electrons. The molecular weight excluding hydrogens is 567 g/mol. The largest absolute Gasteiger partial charge is 0.471 e. The van der Waals surface area contributed by atoms with Crippen molar-refractivity contribution in [1.82, 2.24) is 19.9 Å². The highest BCUT2D eigenvalue weighted by molar-refractivity contribution is 7.86. The van der Waals surface area contributed by atoms with Crippen LogP contribution in [0.1, 0.15) is 45.5 Å². The lowest BCUT2D eigenvalue weighted by molar-refractivity contribution is 0.0171. The monoisotopic (exact) mass is 598 g/mol. The molecule has 0 bridgehead atoms. The quantitative estimate of drug-likeness (QED) is 0.276. The minimum atomic E-state index is -1.72. The molecule has 1 atom stereocenters. The topological polar surface area (TPSA) is 136 Å². The van der Waals surface area contributed by atoms with E-state index in [-0.39, 0.29) is 28.7 Å². The summed E-state index contributed by atoms with van der Waals surface area (Å²) in [6.07, 6.45) is 5.25. The number of rotatable bonds is 6. The molecule has 216 valence electrons. The van der Waals surface area contributed by atoms with Crippen molar-refractivity contribution in [3.63, 3.8) is 0 Å². The maximum absolute atomic E-state index is 16.0. The van der Waals surface area contributed by atoms with Crippen LogP contribution in [0.25, 0.3) is 21.8 Å². The zero-order chi connectivity index (χ0) is 29.4. The summed E-state index contributed by atoms with van der Waals surface area (Å²) in [5.41, 5.74) is 6.14. The highest BCUT2D eigenvalue weighted by atomic mass is 32.2. The molecule has 41 heavy (non-hydrogen) atoms. The average molecular weight is 599 g/mol. The number of nitrogens with one attached hydrogen (secondary N) is 1. The van der Waals surface area contributed by atoms with Gasteiger partial charge in [0, 0.05) is 30.3 Å². The molecule has 1 saturated heterocycles.